The maximum Gasteiger partial charge on any atom is 0.312 e. The fourth-order valence-electron chi connectivity index (χ4n) is 2.37. The fraction of sp³-hybridized carbons (Fsp3) is 0.385. The van der Waals surface area contributed by atoms with Crippen molar-refractivity contribution in [2.75, 3.05) is 27.4 Å². The largest absolute Gasteiger partial charge is 0.454 e. The van der Waals surface area contributed by atoms with E-state index < -0.39 is 11.8 Å². The molecule has 0 saturated carbocycles. The summed E-state index contributed by atoms with van der Waals surface area (Å²) in [5, 5.41) is 0. The minimum absolute atomic E-state index is 0.162. The van der Waals surface area contributed by atoms with E-state index in [1.165, 1.54) is 9.80 Å². The van der Waals surface area contributed by atoms with Crippen molar-refractivity contribution in [1.29, 1.82) is 0 Å². The molecule has 2 aliphatic rings. The van der Waals surface area contributed by atoms with Gasteiger partial charge in [0.25, 0.3) is 0 Å². The van der Waals surface area contributed by atoms with Gasteiger partial charge in [-0.3, -0.25) is 9.59 Å². The van der Waals surface area contributed by atoms with Crippen LogP contribution in [0.4, 0.5) is 0 Å². The number of fused-ring (bicyclic) bond motifs is 1. The molecule has 0 spiro atoms. The molecule has 19 heavy (non-hydrogen) atoms. The number of ether oxygens (including phenoxy) is 2. The summed E-state index contributed by atoms with van der Waals surface area (Å²) in [7, 11) is 3.27. The second kappa shape index (κ2) is 4.15. The Morgan fingerprint density at radius 3 is 2.63 bits per heavy atom. The van der Waals surface area contributed by atoms with Crippen LogP contribution in [-0.2, 0) is 9.59 Å². The highest BCUT2D eigenvalue weighted by molar-refractivity contribution is 6.35. The molecule has 0 bridgehead atoms. The predicted molar refractivity (Wildman–Crippen MR) is 65.7 cm³/mol. The second-order valence-corrected chi connectivity index (χ2v) is 4.73. The van der Waals surface area contributed by atoms with E-state index in [4.69, 9.17) is 9.47 Å². The Balaban J connectivity index is 1.93. The predicted octanol–water partition coefficient (Wildman–Crippen LogP) is 0.387. The first-order valence-corrected chi connectivity index (χ1v) is 5.99. The molecule has 0 aromatic heterocycles. The van der Waals surface area contributed by atoms with Gasteiger partial charge in [0.2, 0.25) is 6.79 Å². The van der Waals surface area contributed by atoms with Gasteiger partial charge in [-0.25, -0.2) is 0 Å². The van der Waals surface area contributed by atoms with E-state index in [9.17, 15) is 9.59 Å². The normalized spacial score (nSPS) is 22.1. The lowest BCUT2D eigenvalue weighted by Gasteiger charge is -2.37. The highest BCUT2D eigenvalue weighted by atomic mass is 16.7. The smallest absolute Gasteiger partial charge is 0.312 e. The summed E-state index contributed by atoms with van der Waals surface area (Å²) in [5.74, 6) is 0.423. The SMILES string of the molecule is CN1CC(c2ccc3c(c2)OCO3)N(C)C(=O)C1=O. The van der Waals surface area contributed by atoms with Crippen molar-refractivity contribution >= 4 is 11.8 Å². The molecule has 1 fully saturated rings. The number of amides is 2. The highest BCUT2D eigenvalue weighted by Crippen LogP contribution is 2.36. The van der Waals surface area contributed by atoms with Gasteiger partial charge < -0.3 is 19.3 Å². The van der Waals surface area contributed by atoms with Crippen LogP contribution in [-0.4, -0.2) is 49.0 Å². The first-order chi connectivity index (χ1) is 9.08. The van der Waals surface area contributed by atoms with Crippen LogP contribution in [0, 0.1) is 0 Å². The highest BCUT2D eigenvalue weighted by Gasteiger charge is 2.36. The molecule has 0 radical (unpaired) electrons. The van der Waals surface area contributed by atoms with Crippen LogP contribution in [0.5, 0.6) is 11.5 Å². The van der Waals surface area contributed by atoms with Crippen LogP contribution in [0.15, 0.2) is 18.2 Å². The summed E-state index contributed by atoms with van der Waals surface area (Å²) in [6.45, 7) is 0.692. The third-order valence-corrected chi connectivity index (χ3v) is 3.55. The molecule has 3 rings (SSSR count). The number of carbonyl (C=O) groups is 2. The van der Waals surface area contributed by atoms with E-state index in [0.29, 0.717) is 18.0 Å². The fourth-order valence-corrected chi connectivity index (χ4v) is 2.37. The van der Waals surface area contributed by atoms with Crippen LogP contribution >= 0.6 is 0 Å². The average molecular weight is 262 g/mol. The Morgan fingerprint density at radius 1 is 1.11 bits per heavy atom. The van der Waals surface area contributed by atoms with Crippen LogP contribution < -0.4 is 9.47 Å². The van der Waals surface area contributed by atoms with Gasteiger partial charge in [0.05, 0.1) is 6.04 Å². The Hall–Kier alpha value is -2.24. The lowest BCUT2D eigenvalue weighted by Crippen LogP contribution is -2.52. The van der Waals surface area contributed by atoms with Gasteiger partial charge in [0.1, 0.15) is 0 Å². The Kier molecular flexibility index (Phi) is 2.58. The molecule has 1 aromatic carbocycles. The summed E-state index contributed by atoms with van der Waals surface area (Å²) < 4.78 is 10.6. The van der Waals surface area contributed by atoms with Gasteiger partial charge in [-0.1, -0.05) is 6.07 Å². The summed E-state index contributed by atoms with van der Waals surface area (Å²) in [4.78, 5) is 26.3. The van der Waals surface area contributed by atoms with Crippen LogP contribution in [0.1, 0.15) is 11.6 Å². The zero-order valence-corrected chi connectivity index (χ0v) is 10.8. The first-order valence-electron chi connectivity index (χ1n) is 5.99. The third kappa shape index (κ3) is 1.80. The zero-order valence-electron chi connectivity index (χ0n) is 10.8. The van der Waals surface area contributed by atoms with Crippen LogP contribution in [0.3, 0.4) is 0 Å². The number of benzene rings is 1. The summed E-state index contributed by atoms with van der Waals surface area (Å²) in [6.07, 6.45) is 0. The van der Waals surface area contributed by atoms with E-state index in [0.717, 1.165) is 5.56 Å². The number of hydrogen-bond donors (Lipinski definition) is 0. The third-order valence-electron chi connectivity index (χ3n) is 3.55. The topological polar surface area (TPSA) is 59.1 Å². The summed E-state index contributed by atoms with van der Waals surface area (Å²) >= 11 is 0. The Labute approximate surface area is 110 Å². The summed E-state index contributed by atoms with van der Waals surface area (Å²) in [6, 6.07) is 5.42. The van der Waals surface area contributed by atoms with Crippen molar-refractivity contribution in [2.24, 2.45) is 0 Å². The number of piperazine rings is 1. The number of hydrogen-bond acceptors (Lipinski definition) is 4. The molecule has 6 nitrogen and oxygen atoms in total. The molecule has 1 unspecified atom stereocenters. The van der Waals surface area contributed by atoms with Crippen molar-refractivity contribution in [1.82, 2.24) is 9.80 Å². The van der Waals surface area contributed by atoms with Gasteiger partial charge in [-0.2, -0.15) is 0 Å². The quantitative estimate of drug-likeness (QED) is 0.687. The van der Waals surface area contributed by atoms with E-state index in [2.05, 4.69) is 0 Å². The summed E-state index contributed by atoms with van der Waals surface area (Å²) in [5.41, 5.74) is 0.930. The number of likely N-dealkylation sites (N-methyl/N-ethyl adjacent to an activating group) is 2. The second-order valence-electron chi connectivity index (χ2n) is 4.73. The maximum absolute atomic E-state index is 11.8. The first kappa shape index (κ1) is 11.8. The van der Waals surface area contributed by atoms with Crippen molar-refractivity contribution in [3.05, 3.63) is 23.8 Å². The van der Waals surface area contributed by atoms with E-state index in [1.807, 2.05) is 18.2 Å². The molecule has 2 heterocycles. The van der Waals surface area contributed by atoms with E-state index in [-0.39, 0.29) is 12.8 Å². The molecular weight excluding hydrogens is 248 g/mol. The minimum atomic E-state index is -0.489. The molecule has 0 N–H and O–H groups in total. The maximum atomic E-state index is 11.8. The monoisotopic (exact) mass is 262 g/mol. The van der Waals surface area contributed by atoms with Gasteiger partial charge in [0.15, 0.2) is 11.5 Å². The van der Waals surface area contributed by atoms with Crippen molar-refractivity contribution in [2.45, 2.75) is 6.04 Å². The minimum Gasteiger partial charge on any atom is -0.454 e. The number of carbonyl (C=O) groups excluding carboxylic acids is 2. The van der Waals surface area contributed by atoms with E-state index >= 15 is 0 Å². The van der Waals surface area contributed by atoms with Crippen LogP contribution in [0.25, 0.3) is 0 Å². The lowest BCUT2D eigenvalue weighted by atomic mass is 10.0. The molecule has 0 aliphatic carbocycles. The standard InChI is InChI=1S/C13H14N2O4/c1-14-6-9(15(2)13(17)12(14)16)8-3-4-10-11(5-8)19-7-18-10/h3-5,9H,6-7H2,1-2H3. The molecular formula is C13H14N2O4. The molecule has 1 saturated heterocycles. The average Bonchev–Trinajstić information content (AvgIpc) is 2.87. The number of rotatable bonds is 1. The molecule has 6 heteroatoms. The van der Waals surface area contributed by atoms with Gasteiger partial charge in [-0.15, -0.1) is 0 Å². The van der Waals surface area contributed by atoms with Crippen LogP contribution in [0.2, 0.25) is 0 Å². The molecule has 100 valence electrons. The zero-order chi connectivity index (χ0) is 13.6. The van der Waals surface area contributed by atoms with Gasteiger partial charge in [-0.05, 0) is 17.7 Å². The lowest BCUT2D eigenvalue weighted by molar-refractivity contribution is -0.156. The van der Waals surface area contributed by atoms with Crippen molar-refractivity contribution in [3.8, 4) is 11.5 Å². The number of nitrogens with zero attached hydrogens (tertiary/aromatic N) is 2. The van der Waals surface area contributed by atoms with Gasteiger partial charge in [0, 0.05) is 20.6 Å². The Morgan fingerprint density at radius 2 is 1.84 bits per heavy atom. The Bertz CT molecular complexity index is 558. The van der Waals surface area contributed by atoms with Crippen molar-refractivity contribution in [3.63, 3.8) is 0 Å². The van der Waals surface area contributed by atoms with Crippen molar-refractivity contribution < 1.29 is 19.1 Å². The molecule has 1 atom stereocenters. The molecule has 2 amide bonds. The van der Waals surface area contributed by atoms with Gasteiger partial charge >= 0.3 is 11.8 Å². The van der Waals surface area contributed by atoms with E-state index in [1.54, 1.807) is 14.1 Å². The molecule has 2 aliphatic heterocycles. The molecule has 1 aromatic rings.